The van der Waals surface area contributed by atoms with Gasteiger partial charge in [-0.05, 0) is 43.9 Å². The van der Waals surface area contributed by atoms with Crippen molar-refractivity contribution in [3.8, 4) is 0 Å². The Labute approximate surface area is 116 Å². The van der Waals surface area contributed by atoms with Crippen molar-refractivity contribution in [3.63, 3.8) is 0 Å². The van der Waals surface area contributed by atoms with Crippen molar-refractivity contribution in [1.82, 2.24) is 0 Å². The first-order valence-corrected chi connectivity index (χ1v) is 6.71. The number of benzene rings is 1. The van der Waals surface area contributed by atoms with E-state index in [-0.39, 0.29) is 6.42 Å². The van der Waals surface area contributed by atoms with Crippen LogP contribution in [0.2, 0.25) is 0 Å². The van der Waals surface area contributed by atoms with Gasteiger partial charge in [0.05, 0.1) is 6.42 Å². The molecule has 0 unspecified atom stereocenters. The van der Waals surface area contributed by atoms with Crippen molar-refractivity contribution in [2.75, 3.05) is 11.9 Å². The average Bonchev–Trinajstić information content (AvgIpc) is 2.26. The van der Waals surface area contributed by atoms with Crippen molar-refractivity contribution >= 4 is 11.7 Å². The summed E-state index contributed by atoms with van der Waals surface area (Å²) < 4.78 is 0. The number of nitrogens with zero attached hydrogens (tertiary/aromatic N) is 1. The van der Waals surface area contributed by atoms with Gasteiger partial charge in [0.25, 0.3) is 0 Å². The van der Waals surface area contributed by atoms with Gasteiger partial charge >= 0.3 is 5.97 Å². The molecule has 0 aromatic heterocycles. The molecule has 0 radical (unpaired) electrons. The predicted molar refractivity (Wildman–Crippen MR) is 80.0 cm³/mol. The van der Waals surface area contributed by atoms with Crippen LogP contribution >= 0.6 is 0 Å². The third-order valence-corrected chi connectivity index (χ3v) is 3.75. The van der Waals surface area contributed by atoms with Crippen molar-refractivity contribution in [3.05, 3.63) is 29.3 Å². The lowest BCUT2D eigenvalue weighted by molar-refractivity contribution is -0.138. The number of carboxylic acids is 1. The lowest BCUT2D eigenvalue weighted by Gasteiger charge is -2.37. The SMILES string of the molecule is Cc1ccc(C(C)C)cc1N(C)C(C)(C)CC(=O)O. The zero-order chi connectivity index (χ0) is 14.8. The number of carboxylic acid groups (broad SMARTS) is 1. The second-order valence-corrected chi connectivity index (χ2v) is 6.14. The van der Waals surface area contributed by atoms with E-state index in [4.69, 9.17) is 5.11 Å². The van der Waals surface area contributed by atoms with Crippen molar-refractivity contribution in [2.45, 2.75) is 52.5 Å². The van der Waals surface area contributed by atoms with Gasteiger partial charge in [-0.2, -0.15) is 0 Å². The topological polar surface area (TPSA) is 40.5 Å². The first-order valence-electron chi connectivity index (χ1n) is 6.71. The van der Waals surface area contributed by atoms with E-state index in [0.29, 0.717) is 5.92 Å². The molecule has 0 saturated heterocycles. The Morgan fingerprint density at radius 2 is 1.95 bits per heavy atom. The summed E-state index contributed by atoms with van der Waals surface area (Å²) >= 11 is 0. The summed E-state index contributed by atoms with van der Waals surface area (Å²) in [5.74, 6) is -0.301. The Morgan fingerprint density at radius 1 is 1.37 bits per heavy atom. The molecule has 106 valence electrons. The molecule has 1 aromatic rings. The van der Waals surface area contributed by atoms with Gasteiger partial charge in [0, 0.05) is 18.3 Å². The molecule has 0 amide bonds. The molecule has 0 atom stereocenters. The molecule has 1 rings (SSSR count). The van der Waals surface area contributed by atoms with Gasteiger partial charge in [-0.1, -0.05) is 26.0 Å². The first kappa shape index (κ1) is 15.5. The highest BCUT2D eigenvalue weighted by Gasteiger charge is 2.28. The molecule has 0 aliphatic heterocycles. The summed E-state index contributed by atoms with van der Waals surface area (Å²) in [5.41, 5.74) is 3.15. The highest BCUT2D eigenvalue weighted by atomic mass is 16.4. The molecule has 19 heavy (non-hydrogen) atoms. The highest BCUT2D eigenvalue weighted by molar-refractivity contribution is 5.70. The van der Waals surface area contributed by atoms with E-state index >= 15 is 0 Å². The lowest BCUT2D eigenvalue weighted by Crippen LogP contribution is -2.43. The number of carbonyl (C=O) groups is 1. The molecule has 3 heteroatoms. The molecule has 0 bridgehead atoms. The van der Waals surface area contributed by atoms with Crippen molar-refractivity contribution in [1.29, 1.82) is 0 Å². The number of rotatable bonds is 5. The number of aliphatic carboxylic acids is 1. The van der Waals surface area contributed by atoms with Crippen LogP contribution in [0.4, 0.5) is 5.69 Å². The summed E-state index contributed by atoms with van der Waals surface area (Å²) in [6, 6.07) is 6.42. The number of hydrogen-bond acceptors (Lipinski definition) is 2. The van der Waals surface area contributed by atoms with Crippen molar-refractivity contribution < 1.29 is 9.90 Å². The van der Waals surface area contributed by atoms with E-state index in [1.54, 1.807) is 0 Å². The van der Waals surface area contributed by atoms with Gasteiger partial charge in [0.1, 0.15) is 0 Å². The molecule has 0 fully saturated rings. The van der Waals surface area contributed by atoms with Crippen LogP contribution in [0.15, 0.2) is 18.2 Å². The molecular weight excluding hydrogens is 238 g/mol. The van der Waals surface area contributed by atoms with Crippen LogP contribution < -0.4 is 4.90 Å². The monoisotopic (exact) mass is 263 g/mol. The molecule has 0 aliphatic rings. The van der Waals surface area contributed by atoms with E-state index < -0.39 is 11.5 Å². The lowest BCUT2D eigenvalue weighted by atomic mass is 9.95. The summed E-state index contributed by atoms with van der Waals surface area (Å²) in [6.07, 6.45) is 0.120. The third-order valence-electron chi connectivity index (χ3n) is 3.75. The van der Waals surface area contributed by atoms with E-state index in [1.165, 1.54) is 11.1 Å². The van der Waals surface area contributed by atoms with Crippen LogP contribution in [-0.4, -0.2) is 23.7 Å². The van der Waals surface area contributed by atoms with Gasteiger partial charge in [-0.25, -0.2) is 0 Å². The first-order chi connectivity index (χ1) is 8.65. The van der Waals surface area contributed by atoms with E-state index in [1.807, 2.05) is 20.9 Å². The standard InChI is InChI=1S/C16H25NO2/c1-11(2)13-8-7-12(3)14(9-13)17(6)16(4,5)10-15(18)19/h7-9,11H,10H2,1-6H3,(H,18,19). The predicted octanol–water partition coefficient (Wildman–Crippen LogP) is 3.81. The van der Waals surface area contributed by atoms with Crippen LogP contribution in [0.1, 0.15) is 51.2 Å². The zero-order valence-electron chi connectivity index (χ0n) is 12.8. The fraction of sp³-hybridized carbons (Fsp3) is 0.562. The summed E-state index contributed by atoms with van der Waals surface area (Å²) in [7, 11) is 1.97. The zero-order valence-corrected chi connectivity index (χ0v) is 12.8. The minimum Gasteiger partial charge on any atom is -0.481 e. The Kier molecular flexibility index (Phi) is 4.61. The fourth-order valence-corrected chi connectivity index (χ4v) is 2.16. The van der Waals surface area contributed by atoms with Crippen LogP contribution in [0, 0.1) is 6.92 Å². The normalized spacial score (nSPS) is 11.7. The van der Waals surface area contributed by atoms with Crippen LogP contribution in [0.25, 0.3) is 0 Å². The third kappa shape index (κ3) is 3.72. The quantitative estimate of drug-likeness (QED) is 0.878. The molecule has 0 heterocycles. The molecule has 1 N–H and O–H groups in total. The number of aryl methyl sites for hydroxylation is 1. The van der Waals surface area contributed by atoms with Gasteiger partial charge in [0.15, 0.2) is 0 Å². The maximum Gasteiger partial charge on any atom is 0.305 e. The maximum absolute atomic E-state index is 11.0. The molecule has 1 aromatic carbocycles. The van der Waals surface area contributed by atoms with Crippen LogP contribution in [0.3, 0.4) is 0 Å². The number of anilines is 1. The van der Waals surface area contributed by atoms with Gasteiger partial charge in [-0.3, -0.25) is 4.79 Å². The summed E-state index contributed by atoms with van der Waals surface area (Å²) in [5, 5.41) is 9.03. The Hall–Kier alpha value is -1.51. The second-order valence-electron chi connectivity index (χ2n) is 6.14. The maximum atomic E-state index is 11.0. The van der Waals surface area contributed by atoms with Gasteiger partial charge in [-0.15, -0.1) is 0 Å². The van der Waals surface area contributed by atoms with E-state index in [2.05, 4.69) is 43.9 Å². The van der Waals surface area contributed by atoms with Crippen LogP contribution in [-0.2, 0) is 4.79 Å². The smallest absolute Gasteiger partial charge is 0.305 e. The van der Waals surface area contributed by atoms with E-state index in [0.717, 1.165) is 5.69 Å². The highest BCUT2D eigenvalue weighted by Crippen LogP contribution is 2.30. The second kappa shape index (κ2) is 5.64. The fourth-order valence-electron chi connectivity index (χ4n) is 2.16. The Bertz CT molecular complexity index is 464. The molecule has 0 saturated carbocycles. The van der Waals surface area contributed by atoms with E-state index in [9.17, 15) is 4.79 Å². The number of hydrogen-bond donors (Lipinski definition) is 1. The molecule has 0 spiro atoms. The van der Waals surface area contributed by atoms with Gasteiger partial charge < -0.3 is 10.0 Å². The van der Waals surface area contributed by atoms with Crippen molar-refractivity contribution in [2.24, 2.45) is 0 Å². The average molecular weight is 263 g/mol. The van der Waals surface area contributed by atoms with Crippen LogP contribution in [0.5, 0.6) is 0 Å². The van der Waals surface area contributed by atoms with Gasteiger partial charge in [0.2, 0.25) is 0 Å². The molecule has 3 nitrogen and oxygen atoms in total. The molecule has 0 aliphatic carbocycles. The Balaban J connectivity index is 3.14. The summed E-state index contributed by atoms with van der Waals surface area (Å²) in [4.78, 5) is 13.1. The molecular formula is C16H25NO2. The minimum atomic E-state index is -0.769. The Morgan fingerprint density at radius 3 is 2.42 bits per heavy atom. The minimum absolute atomic E-state index is 0.120. The summed E-state index contributed by atoms with van der Waals surface area (Å²) in [6.45, 7) is 10.3. The largest absolute Gasteiger partial charge is 0.481 e.